The van der Waals surface area contributed by atoms with E-state index in [4.69, 9.17) is 5.26 Å². The number of anilines is 1. The van der Waals surface area contributed by atoms with Crippen molar-refractivity contribution in [2.45, 2.75) is 13.8 Å². The van der Waals surface area contributed by atoms with Gasteiger partial charge in [-0.05, 0) is 43.2 Å². The van der Waals surface area contributed by atoms with E-state index in [-0.39, 0.29) is 5.91 Å². The fourth-order valence-corrected chi connectivity index (χ4v) is 1.84. The van der Waals surface area contributed by atoms with Crippen LogP contribution in [-0.2, 0) is 0 Å². The lowest BCUT2D eigenvalue weighted by Gasteiger charge is -2.10. The smallest absolute Gasteiger partial charge is 0.255 e. The molecule has 2 aromatic rings. The van der Waals surface area contributed by atoms with Crippen LogP contribution in [0.4, 0.5) is 5.69 Å². The highest BCUT2D eigenvalue weighted by molar-refractivity contribution is 6.05. The SMILES string of the molecule is Cc1ccc(C#N)cc1NC(=O)c1ccccc1C. The molecule has 0 heterocycles. The maximum absolute atomic E-state index is 12.2. The third-order valence-electron chi connectivity index (χ3n) is 3.00. The average Bonchev–Trinajstić information content (AvgIpc) is 2.41. The molecule has 1 amide bonds. The van der Waals surface area contributed by atoms with Crippen LogP contribution in [0.25, 0.3) is 0 Å². The van der Waals surface area contributed by atoms with Crippen molar-refractivity contribution in [3.8, 4) is 6.07 Å². The van der Waals surface area contributed by atoms with Crippen LogP contribution in [0.5, 0.6) is 0 Å². The molecule has 0 saturated heterocycles. The van der Waals surface area contributed by atoms with Gasteiger partial charge in [-0.1, -0.05) is 24.3 Å². The van der Waals surface area contributed by atoms with Crippen molar-refractivity contribution in [2.24, 2.45) is 0 Å². The Morgan fingerprint density at radius 1 is 1.11 bits per heavy atom. The van der Waals surface area contributed by atoms with Crippen LogP contribution < -0.4 is 5.32 Å². The third kappa shape index (κ3) is 2.80. The molecule has 0 aliphatic carbocycles. The predicted octanol–water partition coefficient (Wildman–Crippen LogP) is 3.43. The molecule has 0 radical (unpaired) electrons. The van der Waals surface area contributed by atoms with Gasteiger partial charge in [-0.3, -0.25) is 4.79 Å². The quantitative estimate of drug-likeness (QED) is 0.887. The summed E-state index contributed by atoms with van der Waals surface area (Å²) in [5.41, 5.74) is 3.71. The van der Waals surface area contributed by atoms with Gasteiger partial charge in [0.25, 0.3) is 5.91 Å². The Balaban J connectivity index is 2.30. The molecule has 0 aliphatic rings. The molecular formula is C16H14N2O. The van der Waals surface area contributed by atoms with Crippen LogP contribution in [0.15, 0.2) is 42.5 Å². The molecule has 2 rings (SSSR count). The van der Waals surface area contributed by atoms with E-state index in [1.165, 1.54) is 0 Å². The molecule has 0 bridgehead atoms. The molecule has 3 heteroatoms. The number of rotatable bonds is 2. The van der Waals surface area contributed by atoms with Crippen molar-refractivity contribution in [1.29, 1.82) is 5.26 Å². The molecule has 0 saturated carbocycles. The second-order valence-corrected chi connectivity index (χ2v) is 4.41. The van der Waals surface area contributed by atoms with Crippen LogP contribution in [0, 0.1) is 25.2 Å². The van der Waals surface area contributed by atoms with Gasteiger partial charge in [0.05, 0.1) is 11.6 Å². The molecule has 2 aromatic carbocycles. The normalized spacial score (nSPS) is 9.74. The Hall–Kier alpha value is -2.60. The molecule has 0 spiro atoms. The molecule has 0 unspecified atom stereocenters. The van der Waals surface area contributed by atoms with Crippen molar-refractivity contribution in [3.05, 3.63) is 64.7 Å². The van der Waals surface area contributed by atoms with Gasteiger partial charge >= 0.3 is 0 Å². The van der Waals surface area contributed by atoms with Gasteiger partial charge in [-0.2, -0.15) is 5.26 Å². The number of nitrogens with zero attached hydrogens (tertiary/aromatic N) is 1. The van der Waals surface area contributed by atoms with Crippen LogP contribution in [0.3, 0.4) is 0 Å². The van der Waals surface area contributed by atoms with Gasteiger partial charge in [0.2, 0.25) is 0 Å². The highest BCUT2D eigenvalue weighted by Gasteiger charge is 2.10. The number of nitrogens with one attached hydrogen (secondary N) is 1. The van der Waals surface area contributed by atoms with Crippen molar-refractivity contribution in [2.75, 3.05) is 5.32 Å². The maximum atomic E-state index is 12.2. The van der Waals surface area contributed by atoms with Gasteiger partial charge in [-0.15, -0.1) is 0 Å². The first-order valence-electron chi connectivity index (χ1n) is 5.99. The summed E-state index contributed by atoms with van der Waals surface area (Å²) in [6.07, 6.45) is 0. The highest BCUT2D eigenvalue weighted by atomic mass is 16.1. The zero-order valence-electron chi connectivity index (χ0n) is 10.9. The molecular weight excluding hydrogens is 236 g/mol. The van der Waals surface area contributed by atoms with Crippen LogP contribution >= 0.6 is 0 Å². The summed E-state index contributed by atoms with van der Waals surface area (Å²) >= 11 is 0. The van der Waals surface area contributed by atoms with Crippen molar-refractivity contribution in [3.63, 3.8) is 0 Å². The van der Waals surface area contributed by atoms with Gasteiger partial charge < -0.3 is 5.32 Å². The van der Waals surface area contributed by atoms with Crippen LogP contribution in [-0.4, -0.2) is 5.91 Å². The van der Waals surface area contributed by atoms with Crippen molar-refractivity contribution < 1.29 is 4.79 Å². The molecule has 0 fully saturated rings. The largest absolute Gasteiger partial charge is 0.322 e. The molecule has 0 atom stereocenters. The summed E-state index contributed by atoms with van der Waals surface area (Å²) in [6, 6.07) is 14.7. The lowest BCUT2D eigenvalue weighted by atomic mass is 10.1. The number of nitriles is 1. The molecule has 0 aliphatic heterocycles. The second kappa shape index (κ2) is 5.36. The Kier molecular flexibility index (Phi) is 3.63. The minimum atomic E-state index is -0.156. The number of benzene rings is 2. The molecule has 3 nitrogen and oxygen atoms in total. The van der Waals surface area contributed by atoms with E-state index < -0.39 is 0 Å². The molecule has 1 N–H and O–H groups in total. The first-order chi connectivity index (χ1) is 9.11. The van der Waals surface area contributed by atoms with E-state index in [0.29, 0.717) is 16.8 Å². The first-order valence-corrected chi connectivity index (χ1v) is 5.99. The summed E-state index contributed by atoms with van der Waals surface area (Å²) in [7, 11) is 0. The van der Waals surface area contributed by atoms with Gasteiger partial charge in [0.1, 0.15) is 0 Å². The number of carbonyl (C=O) groups is 1. The maximum Gasteiger partial charge on any atom is 0.255 e. The minimum absolute atomic E-state index is 0.156. The van der Waals surface area contributed by atoms with E-state index in [1.54, 1.807) is 18.2 Å². The Morgan fingerprint density at radius 2 is 1.84 bits per heavy atom. The van der Waals surface area contributed by atoms with Gasteiger partial charge in [0.15, 0.2) is 0 Å². The summed E-state index contributed by atoms with van der Waals surface area (Å²) in [5, 5.41) is 11.7. The number of amides is 1. The number of aryl methyl sites for hydroxylation is 2. The Bertz CT molecular complexity index is 669. The fraction of sp³-hybridized carbons (Fsp3) is 0.125. The highest BCUT2D eigenvalue weighted by Crippen LogP contribution is 2.18. The zero-order valence-corrected chi connectivity index (χ0v) is 10.9. The lowest BCUT2D eigenvalue weighted by Crippen LogP contribution is -2.14. The minimum Gasteiger partial charge on any atom is -0.322 e. The van der Waals surface area contributed by atoms with Gasteiger partial charge in [-0.25, -0.2) is 0 Å². The van der Waals surface area contributed by atoms with Gasteiger partial charge in [0, 0.05) is 11.3 Å². The number of hydrogen-bond acceptors (Lipinski definition) is 2. The molecule has 94 valence electrons. The monoisotopic (exact) mass is 250 g/mol. The second-order valence-electron chi connectivity index (χ2n) is 4.41. The topological polar surface area (TPSA) is 52.9 Å². The zero-order chi connectivity index (χ0) is 13.8. The Labute approximate surface area is 112 Å². The summed E-state index contributed by atoms with van der Waals surface area (Å²) < 4.78 is 0. The third-order valence-corrected chi connectivity index (χ3v) is 3.00. The summed E-state index contributed by atoms with van der Waals surface area (Å²) in [4.78, 5) is 12.2. The van der Waals surface area contributed by atoms with Crippen molar-refractivity contribution in [1.82, 2.24) is 0 Å². The van der Waals surface area contributed by atoms with Crippen LogP contribution in [0.1, 0.15) is 27.0 Å². The van der Waals surface area contributed by atoms with E-state index in [1.807, 2.05) is 38.1 Å². The predicted molar refractivity (Wildman–Crippen MR) is 75.0 cm³/mol. The summed E-state index contributed by atoms with van der Waals surface area (Å²) in [5.74, 6) is -0.156. The first kappa shape index (κ1) is 12.8. The van der Waals surface area contributed by atoms with E-state index >= 15 is 0 Å². The number of hydrogen-bond donors (Lipinski definition) is 1. The standard InChI is InChI=1S/C16H14N2O/c1-11-5-3-4-6-14(11)16(19)18-15-9-13(10-17)8-7-12(15)2/h3-9H,1-2H3,(H,18,19). The Morgan fingerprint density at radius 3 is 2.53 bits per heavy atom. The summed E-state index contributed by atoms with van der Waals surface area (Å²) in [6.45, 7) is 3.79. The fourth-order valence-electron chi connectivity index (χ4n) is 1.84. The average molecular weight is 250 g/mol. The molecule has 0 aromatic heterocycles. The number of carbonyl (C=O) groups excluding carboxylic acids is 1. The van der Waals surface area contributed by atoms with Crippen LogP contribution in [0.2, 0.25) is 0 Å². The van der Waals surface area contributed by atoms with E-state index in [9.17, 15) is 4.79 Å². The van der Waals surface area contributed by atoms with E-state index in [0.717, 1.165) is 11.1 Å². The van der Waals surface area contributed by atoms with E-state index in [2.05, 4.69) is 11.4 Å². The lowest BCUT2D eigenvalue weighted by molar-refractivity contribution is 0.102. The van der Waals surface area contributed by atoms with Crippen molar-refractivity contribution >= 4 is 11.6 Å². The molecule has 19 heavy (non-hydrogen) atoms.